The van der Waals surface area contributed by atoms with Gasteiger partial charge in [0.05, 0.1) is 5.52 Å². The zero-order valence-corrected chi connectivity index (χ0v) is 11.3. The average molecular weight is 252 g/mol. The number of aliphatic hydroxyl groups is 1. The minimum Gasteiger partial charge on any atom is -0.396 e. The van der Waals surface area contributed by atoms with E-state index >= 15 is 0 Å². The molecule has 0 spiro atoms. The van der Waals surface area contributed by atoms with Crippen LogP contribution in [0.15, 0.2) is 12.1 Å². The van der Waals surface area contributed by atoms with Crippen LogP contribution >= 0.6 is 11.6 Å². The van der Waals surface area contributed by atoms with Gasteiger partial charge in [0.15, 0.2) is 0 Å². The third kappa shape index (κ3) is 1.96. The first-order valence-corrected chi connectivity index (χ1v) is 6.29. The van der Waals surface area contributed by atoms with E-state index in [2.05, 4.69) is 31.5 Å². The molecule has 0 fully saturated rings. The highest BCUT2D eigenvalue weighted by atomic mass is 35.5. The second kappa shape index (κ2) is 4.71. The van der Waals surface area contributed by atoms with Crippen LogP contribution in [-0.4, -0.2) is 16.3 Å². The SMILES string of the molecule is Cc1c(Cl)ccc2c(CCCO)c(C)n(C)c12. The predicted molar refractivity (Wildman–Crippen MR) is 72.8 cm³/mol. The lowest BCUT2D eigenvalue weighted by atomic mass is 10.0. The molecule has 2 nitrogen and oxygen atoms in total. The van der Waals surface area contributed by atoms with Gasteiger partial charge in [-0.3, -0.25) is 0 Å². The maximum Gasteiger partial charge on any atom is 0.0527 e. The molecule has 2 rings (SSSR count). The summed E-state index contributed by atoms with van der Waals surface area (Å²) in [6.45, 7) is 4.42. The zero-order valence-electron chi connectivity index (χ0n) is 10.5. The highest BCUT2D eigenvalue weighted by molar-refractivity contribution is 6.32. The smallest absolute Gasteiger partial charge is 0.0527 e. The van der Waals surface area contributed by atoms with Crippen molar-refractivity contribution in [1.82, 2.24) is 4.57 Å². The molecule has 0 atom stereocenters. The molecule has 0 aliphatic carbocycles. The molecule has 1 aromatic heterocycles. The summed E-state index contributed by atoms with van der Waals surface area (Å²) in [5, 5.41) is 11.0. The highest BCUT2D eigenvalue weighted by Gasteiger charge is 2.14. The minimum atomic E-state index is 0.238. The van der Waals surface area contributed by atoms with Crippen molar-refractivity contribution >= 4 is 22.5 Å². The lowest BCUT2D eigenvalue weighted by Crippen LogP contribution is -1.95. The average Bonchev–Trinajstić information content (AvgIpc) is 2.55. The molecule has 3 heteroatoms. The summed E-state index contributed by atoms with van der Waals surface area (Å²) >= 11 is 6.17. The summed E-state index contributed by atoms with van der Waals surface area (Å²) in [6, 6.07) is 4.05. The van der Waals surface area contributed by atoms with Crippen LogP contribution in [0.25, 0.3) is 10.9 Å². The van der Waals surface area contributed by atoms with Crippen molar-refractivity contribution < 1.29 is 5.11 Å². The van der Waals surface area contributed by atoms with Gasteiger partial charge in [-0.05, 0) is 43.9 Å². The molecule has 0 saturated carbocycles. The lowest BCUT2D eigenvalue weighted by molar-refractivity contribution is 0.288. The predicted octanol–water partition coefficient (Wildman–Crippen LogP) is 3.37. The summed E-state index contributed by atoms with van der Waals surface area (Å²) in [5.74, 6) is 0. The van der Waals surface area contributed by atoms with E-state index in [0.29, 0.717) is 0 Å². The quantitative estimate of drug-likeness (QED) is 0.889. The molecule has 92 valence electrons. The molecule has 2 aromatic rings. The Morgan fingerprint density at radius 2 is 2.00 bits per heavy atom. The Balaban J connectivity index is 2.69. The maximum absolute atomic E-state index is 8.97. The molecule has 0 unspecified atom stereocenters. The third-order valence-electron chi connectivity index (χ3n) is 3.55. The normalized spacial score (nSPS) is 11.4. The van der Waals surface area contributed by atoms with Crippen molar-refractivity contribution in [3.8, 4) is 0 Å². The fraction of sp³-hybridized carbons (Fsp3) is 0.429. The van der Waals surface area contributed by atoms with Crippen molar-refractivity contribution in [1.29, 1.82) is 0 Å². The number of nitrogens with zero attached hydrogens (tertiary/aromatic N) is 1. The standard InChI is InChI=1S/C14H18ClNO/c1-9-13(15)7-6-12-11(5-4-8-17)10(2)16(3)14(9)12/h6-7,17H,4-5,8H2,1-3H3. The Labute approximate surface area is 107 Å². The monoisotopic (exact) mass is 251 g/mol. The van der Waals surface area contributed by atoms with E-state index in [-0.39, 0.29) is 6.61 Å². The largest absolute Gasteiger partial charge is 0.396 e. The van der Waals surface area contributed by atoms with Gasteiger partial charge in [0.2, 0.25) is 0 Å². The van der Waals surface area contributed by atoms with E-state index in [1.807, 2.05) is 6.07 Å². The summed E-state index contributed by atoms with van der Waals surface area (Å²) in [7, 11) is 2.07. The van der Waals surface area contributed by atoms with Gasteiger partial charge in [-0.2, -0.15) is 0 Å². The van der Waals surface area contributed by atoms with E-state index in [1.165, 1.54) is 22.2 Å². The van der Waals surface area contributed by atoms with E-state index in [9.17, 15) is 0 Å². The molecule has 0 aliphatic rings. The van der Waals surface area contributed by atoms with Crippen LogP contribution < -0.4 is 0 Å². The van der Waals surface area contributed by atoms with Gasteiger partial charge >= 0.3 is 0 Å². The van der Waals surface area contributed by atoms with Crippen LogP contribution in [0.2, 0.25) is 5.02 Å². The second-order valence-corrected chi connectivity index (χ2v) is 4.93. The molecule has 0 saturated heterocycles. The summed E-state index contributed by atoms with van der Waals surface area (Å²) < 4.78 is 2.20. The number of halogens is 1. The van der Waals surface area contributed by atoms with Gasteiger partial charge in [0.1, 0.15) is 0 Å². The molecule has 0 amide bonds. The topological polar surface area (TPSA) is 25.2 Å². The van der Waals surface area contributed by atoms with Crippen LogP contribution in [0.3, 0.4) is 0 Å². The lowest BCUT2D eigenvalue weighted by Gasteiger charge is -2.03. The van der Waals surface area contributed by atoms with Gasteiger partial charge in [0, 0.05) is 29.8 Å². The van der Waals surface area contributed by atoms with Crippen LogP contribution in [0.5, 0.6) is 0 Å². The molecule has 1 N–H and O–H groups in total. The molecule has 1 heterocycles. The number of fused-ring (bicyclic) bond motifs is 1. The first-order chi connectivity index (χ1) is 8.07. The first kappa shape index (κ1) is 12.5. The van der Waals surface area contributed by atoms with Crippen LogP contribution in [0, 0.1) is 13.8 Å². The number of rotatable bonds is 3. The molecule has 17 heavy (non-hydrogen) atoms. The Kier molecular flexibility index (Phi) is 3.45. The Bertz CT molecular complexity index is 557. The molecule has 0 aliphatic heterocycles. The fourth-order valence-electron chi connectivity index (χ4n) is 2.49. The minimum absolute atomic E-state index is 0.238. The number of aryl methyl sites for hydroxylation is 3. The molecular weight excluding hydrogens is 234 g/mol. The molecule has 0 radical (unpaired) electrons. The van der Waals surface area contributed by atoms with Crippen LogP contribution in [-0.2, 0) is 13.5 Å². The van der Waals surface area contributed by atoms with Gasteiger partial charge in [0.25, 0.3) is 0 Å². The Morgan fingerprint density at radius 1 is 1.29 bits per heavy atom. The number of hydrogen-bond acceptors (Lipinski definition) is 1. The number of aromatic nitrogens is 1. The zero-order chi connectivity index (χ0) is 12.6. The first-order valence-electron chi connectivity index (χ1n) is 5.91. The van der Waals surface area contributed by atoms with Gasteiger partial charge in [-0.15, -0.1) is 0 Å². The number of aliphatic hydroxyl groups excluding tert-OH is 1. The van der Waals surface area contributed by atoms with Gasteiger partial charge in [-0.25, -0.2) is 0 Å². The number of benzene rings is 1. The van der Waals surface area contributed by atoms with Crippen molar-refractivity contribution in [2.45, 2.75) is 26.7 Å². The summed E-state index contributed by atoms with van der Waals surface area (Å²) in [4.78, 5) is 0. The fourth-order valence-corrected chi connectivity index (χ4v) is 2.64. The Hall–Kier alpha value is -0.990. The van der Waals surface area contributed by atoms with Crippen molar-refractivity contribution in [2.75, 3.05) is 6.61 Å². The summed E-state index contributed by atoms with van der Waals surface area (Å²) in [5.41, 5.74) is 4.93. The second-order valence-electron chi connectivity index (χ2n) is 4.52. The molecule has 1 aromatic carbocycles. The van der Waals surface area contributed by atoms with E-state index < -0.39 is 0 Å². The summed E-state index contributed by atoms with van der Waals surface area (Å²) in [6.07, 6.45) is 1.72. The van der Waals surface area contributed by atoms with E-state index in [4.69, 9.17) is 16.7 Å². The molecular formula is C14H18ClNO. The highest BCUT2D eigenvalue weighted by Crippen LogP contribution is 2.31. The Morgan fingerprint density at radius 3 is 2.65 bits per heavy atom. The molecule has 0 bridgehead atoms. The maximum atomic E-state index is 8.97. The van der Waals surface area contributed by atoms with Crippen LogP contribution in [0.4, 0.5) is 0 Å². The van der Waals surface area contributed by atoms with Crippen LogP contribution in [0.1, 0.15) is 23.2 Å². The van der Waals surface area contributed by atoms with Gasteiger partial charge in [-0.1, -0.05) is 17.7 Å². The van der Waals surface area contributed by atoms with Crippen molar-refractivity contribution in [3.63, 3.8) is 0 Å². The number of hydrogen-bond donors (Lipinski definition) is 1. The third-order valence-corrected chi connectivity index (χ3v) is 3.96. The van der Waals surface area contributed by atoms with Gasteiger partial charge < -0.3 is 9.67 Å². The van der Waals surface area contributed by atoms with Crippen molar-refractivity contribution in [2.24, 2.45) is 7.05 Å². The van der Waals surface area contributed by atoms with Crippen molar-refractivity contribution in [3.05, 3.63) is 34.0 Å². The van der Waals surface area contributed by atoms with E-state index in [0.717, 1.165) is 23.4 Å². The van der Waals surface area contributed by atoms with E-state index in [1.54, 1.807) is 0 Å².